The quantitative estimate of drug-likeness (QED) is 0.609. The Labute approximate surface area is 141 Å². The fourth-order valence-corrected chi connectivity index (χ4v) is 3.10. The van der Waals surface area contributed by atoms with Crippen LogP contribution in [0.1, 0.15) is 13.3 Å². The largest absolute Gasteiger partial charge is 0.507 e. The van der Waals surface area contributed by atoms with Gasteiger partial charge in [0.25, 0.3) is 0 Å². The van der Waals surface area contributed by atoms with Crippen molar-refractivity contribution in [3.8, 4) is 17.1 Å². The maximum atomic E-state index is 10.2. The molecule has 108 valence electrons. The first-order valence-corrected chi connectivity index (χ1v) is 8.20. The van der Waals surface area contributed by atoms with Gasteiger partial charge in [-0.05, 0) is 65.4 Å². The predicted octanol–water partition coefficient (Wildman–Crippen LogP) is 5.08. The molecule has 3 nitrogen and oxygen atoms in total. The number of halogens is 2. The molecular formula is C16H14ClIN2O. The smallest absolute Gasteiger partial charge is 0.144 e. The zero-order valence-corrected chi connectivity index (χ0v) is 14.4. The van der Waals surface area contributed by atoms with E-state index in [1.807, 2.05) is 30.3 Å². The van der Waals surface area contributed by atoms with E-state index in [9.17, 15) is 5.11 Å². The van der Waals surface area contributed by atoms with Crippen molar-refractivity contribution < 1.29 is 5.11 Å². The molecule has 0 spiro atoms. The minimum atomic E-state index is 0.245. The molecule has 1 aromatic heterocycles. The van der Waals surface area contributed by atoms with E-state index in [1.54, 1.807) is 6.07 Å². The molecule has 2 aromatic carbocycles. The molecule has 3 rings (SSSR count). The van der Waals surface area contributed by atoms with Crippen molar-refractivity contribution in [2.24, 2.45) is 0 Å². The van der Waals surface area contributed by atoms with Gasteiger partial charge in [0.15, 0.2) is 0 Å². The van der Waals surface area contributed by atoms with E-state index in [0.717, 1.165) is 39.0 Å². The van der Waals surface area contributed by atoms with Crippen LogP contribution < -0.4 is 0 Å². The normalized spacial score (nSPS) is 11.2. The van der Waals surface area contributed by atoms with E-state index in [2.05, 4.69) is 39.1 Å². The number of nitrogens with zero attached hydrogens (tertiary/aromatic N) is 2. The topological polar surface area (TPSA) is 38.0 Å². The average molecular weight is 413 g/mol. The number of fused-ring (bicyclic) bond motifs is 1. The van der Waals surface area contributed by atoms with Crippen LogP contribution in [0, 0.1) is 3.57 Å². The van der Waals surface area contributed by atoms with Gasteiger partial charge < -0.3 is 9.67 Å². The highest BCUT2D eigenvalue weighted by atomic mass is 127. The second kappa shape index (κ2) is 5.85. The standard InChI is InChI=1S/C16H14ClIN2O/c1-2-7-20-14-5-3-10(17)8-13(14)19-16(20)12-9-11(18)4-6-15(12)21/h3-6,8-9,21H,2,7H2,1H3. The Kier molecular flexibility index (Phi) is 4.08. The molecule has 0 fully saturated rings. The molecule has 0 saturated carbocycles. The Morgan fingerprint density at radius 1 is 1.24 bits per heavy atom. The van der Waals surface area contributed by atoms with Crippen molar-refractivity contribution in [3.05, 3.63) is 45.0 Å². The highest BCUT2D eigenvalue weighted by Gasteiger charge is 2.15. The van der Waals surface area contributed by atoms with Gasteiger partial charge in [-0.3, -0.25) is 0 Å². The van der Waals surface area contributed by atoms with E-state index < -0.39 is 0 Å². The van der Waals surface area contributed by atoms with E-state index in [1.165, 1.54) is 0 Å². The van der Waals surface area contributed by atoms with E-state index in [-0.39, 0.29) is 5.75 Å². The first-order valence-electron chi connectivity index (χ1n) is 6.75. The van der Waals surface area contributed by atoms with Gasteiger partial charge in [-0.15, -0.1) is 0 Å². The Balaban J connectivity index is 2.30. The zero-order chi connectivity index (χ0) is 15.0. The lowest BCUT2D eigenvalue weighted by Crippen LogP contribution is -2.00. The third-order valence-corrected chi connectivity index (χ3v) is 4.26. The monoisotopic (exact) mass is 412 g/mol. The van der Waals surface area contributed by atoms with E-state index in [0.29, 0.717) is 5.02 Å². The molecule has 0 atom stereocenters. The third-order valence-electron chi connectivity index (χ3n) is 3.36. The predicted molar refractivity (Wildman–Crippen MR) is 94.9 cm³/mol. The number of rotatable bonds is 3. The molecule has 21 heavy (non-hydrogen) atoms. The summed E-state index contributed by atoms with van der Waals surface area (Å²) in [6.45, 7) is 2.97. The Morgan fingerprint density at radius 2 is 2.05 bits per heavy atom. The molecule has 1 N–H and O–H groups in total. The number of aryl methyl sites for hydroxylation is 1. The lowest BCUT2D eigenvalue weighted by molar-refractivity contribution is 0.476. The Bertz CT molecular complexity index is 813. The number of benzene rings is 2. The maximum Gasteiger partial charge on any atom is 0.144 e. The van der Waals surface area contributed by atoms with Crippen LogP contribution in [0.4, 0.5) is 0 Å². The van der Waals surface area contributed by atoms with Crippen LogP contribution in [0.3, 0.4) is 0 Å². The number of aromatic hydroxyl groups is 1. The summed E-state index contributed by atoms with van der Waals surface area (Å²) in [6, 6.07) is 11.2. The van der Waals surface area contributed by atoms with Crippen molar-refractivity contribution in [2.75, 3.05) is 0 Å². The molecule has 0 unspecified atom stereocenters. The molecule has 1 heterocycles. The van der Waals surface area contributed by atoms with Gasteiger partial charge in [0.1, 0.15) is 11.6 Å². The van der Waals surface area contributed by atoms with E-state index in [4.69, 9.17) is 11.6 Å². The molecule has 3 aromatic rings. The van der Waals surface area contributed by atoms with Crippen LogP contribution in [0.15, 0.2) is 36.4 Å². The van der Waals surface area contributed by atoms with Crippen molar-refractivity contribution in [3.63, 3.8) is 0 Å². The Hall–Kier alpha value is -1.27. The van der Waals surface area contributed by atoms with Gasteiger partial charge >= 0.3 is 0 Å². The van der Waals surface area contributed by atoms with Crippen molar-refractivity contribution >= 4 is 45.2 Å². The summed E-state index contributed by atoms with van der Waals surface area (Å²) in [5, 5.41) is 10.8. The molecule has 0 bridgehead atoms. The second-order valence-electron chi connectivity index (χ2n) is 4.88. The van der Waals surface area contributed by atoms with Gasteiger partial charge in [-0.1, -0.05) is 18.5 Å². The SMILES string of the molecule is CCCn1c(-c2cc(I)ccc2O)nc2cc(Cl)ccc21. The summed E-state index contributed by atoms with van der Waals surface area (Å²) in [4.78, 5) is 4.68. The molecule has 0 radical (unpaired) electrons. The Morgan fingerprint density at radius 3 is 2.81 bits per heavy atom. The summed E-state index contributed by atoms with van der Waals surface area (Å²) >= 11 is 8.30. The van der Waals surface area contributed by atoms with Gasteiger partial charge in [0.05, 0.1) is 16.6 Å². The summed E-state index contributed by atoms with van der Waals surface area (Å²) in [6.07, 6.45) is 0.992. The van der Waals surface area contributed by atoms with Crippen LogP contribution in [-0.2, 0) is 6.54 Å². The lowest BCUT2D eigenvalue weighted by Gasteiger charge is -2.09. The van der Waals surface area contributed by atoms with Gasteiger partial charge in [-0.25, -0.2) is 4.98 Å². The summed E-state index contributed by atoms with van der Waals surface area (Å²) in [5.41, 5.74) is 2.64. The number of phenols is 1. The van der Waals surface area contributed by atoms with Crippen molar-refractivity contribution in [2.45, 2.75) is 19.9 Å². The van der Waals surface area contributed by atoms with Crippen LogP contribution in [-0.4, -0.2) is 14.7 Å². The average Bonchev–Trinajstić information content (AvgIpc) is 2.80. The summed E-state index contributed by atoms with van der Waals surface area (Å²) in [7, 11) is 0. The van der Waals surface area contributed by atoms with Crippen LogP contribution >= 0.6 is 34.2 Å². The molecule has 0 aliphatic carbocycles. The number of hydrogen-bond acceptors (Lipinski definition) is 2. The van der Waals surface area contributed by atoms with Gasteiger partial charge in [0, 0.05) is 15.1 Å². The highest BCUT2D eigenvalue weighted by molar-refractivity contribution is 14.1. The van der Waals surface area contributed by atoms with Crippen molar-refractivity contribution in [1.82, 2.24) is 9.55 Å². The second-order valence-corrected chi connectivity index (χ2v) is 6.56. The minimum Gasteiger partial charge on any atom is -0.507 e. The molecule has 0 aliphatic heterocycles. The molecule has 0 aliphatic rings. The third kappa shape index (κ3) is 2.74. The fraction of sp³-hybridized carbons (Fsp3) is 0.188. The maximum absolute atomic E-state index is 10.2. The first-order chi connectivity index (χ1) is 10.1. The number of phenolic OH excluding ortho intramolecular Hbond substituents is 1. The van der Waals surface area contributed by atoms with E-state index >= 15 is 0 Å². The highest BCUT2D eigenvalue weighted by Crippen LogP contribution is 2.33. The zero-order valence-electron chi connectivity index (χ0n) is 11.5. The van der Waals surface area contributed by atoms with Crippen LogP contribution in [0.5, 0.6) is 5.75 Å². The molecule has 0 saturated heterocycles. The summed E-state index contributed by atoms with van der Waals surface area (Å²) < 4.78 is 3.20. The number of aromatic nitrogens is 2. The van der Waals surface area contributed by atoms with Gasteiger partial charge in [-0.2, -0.15) is 0 Å². The van der Waals surface area contributed by atoms with Crippen LogP contribution in [0.25, 0.3) is 22.4 Å². The van der Waals surface area contributed by atoms with Crippen LogP contribution in [0.2, 0.25) is 5.02 Å². The first kappa shape index (κ1) is 14.7. The number of hydrogen-bond donors (Lipinski definition) is 1. The minimum absolute atomic E-state index is 0.245. The summed E-state index contributed by atoms with van der Waals surface area (Å²) in [5.74, 6) is 1.03. The lowest BCUT2D eigenvalue weighted by atomic mass is 10.2. The van der Waals surface area contributed by atoms with Crippen molar-refractivity contribution in [1.29, 1.82) is 0 Å². The molecule has 5 heteroatoms. The molecule has 0 amide bonds. The van der Waals surface area contributed by atoms with Gasteiger partial charge in [0.2, 0.25) is 0 Å². The fourth-order valence-electron chi connectivity index (χ4n) is 2.45. The molecular weight excluding hydrogens is 399 g/mol. The number of imidazole rings is 1.